The number of rotatable bonds is 7. The quantitative estimate of drug-likeness (QED) is 0.711. The normalized spacial score (nSPS) is 12.8. The van der Waals surface area contributed by atoms with Crippen molar-refractivity contribution in [1.82, 2.24) is 4.90 Å². The fraction of sp³-hybridized carbons (Fsp3) is 0.333. The first-order valence-electron chi connectivity index (χ1n) is 8.55. The Labute approximate surface area is 154 Å². The highest BCUT2D eigenvalue weighted by Crippen LogP contribution is 2.24. The molecule has 0 spiro atoms. The molecule has 138 valence electrons. The number of nitrogens with zero attached hydrogens (tertiary/aromatic N) is 1. The fourth-order valence-electron chi connectivity index (χ4n) is 2.80. The number of esters is 1. The zero-order chi connectivity index (χ0) is 19.1. The van der Waals surface area contributed by atoms with Gasteiger partial charge in [0.2, 0.25) is 0 Å². The molecule has 0 radical (unpaired) electrons. The summed E-state index contributed by atoms with van der Waals surface area (Å²) in [5, 5.41) is 0. The molecular weight excluding hydrogens is 330 g/mol. The highest BCUT2D eigenvalue weighted by molar-refractivity contribution is 5.95. The number of hydrogen-bond acceptors (Lipinski definition) is 4. The molecule has 0 aliphatic heterocycles. The van der Waals surface area contributed by atoms with Crippen LogP contribution in [0.2, 0.25) is 0 Å². The second-order valence-corrected chi connectivity index (χ2v) is 6.20. The van der Waals surface area contributed by atoms with Crippen LogP contribution in [0.15, 0.2) is 54.6 Å². The average Bonchev–Trinajstić information content (AvgIpc) is 2.70. The lowest BCUT2D eigenvalue weighted by Crippen LogP contribution is -2.39. The Morgan fingerprint density at radius 2 is 1.58 bits per heavy atom. The third-order valence-electron chi connectivity index (χ3n) is 4.42. The van der Waals surface area contributed by atoms with E-state index in [9.17, 15) is 9.59 Å². The average molecular weight is 355 g/mol. The van der Waals surface area contributed by atoms with E-state index >= 15 is 0 Å². The molecule has 5 nitrogen and oxygen atoms in total. The van der Waals surface area contributed by atoms with E-state index in [1.165, 1.54) is 7.11 Å². The molecule has 0 saturated heterocycles. The van der Waals surface area contributed by atoms with Gasteiger partial charge in [-0.25, -0.2) is 0 Å². The lowest BCUT2D eigenvalue weighted by molar-refractivity contribution is -0.145. The van der Waals surface area contributed by atoms with Crippen molar-refractivity contribution in [3.8, 4) is 5.75 Å². The van der Waals surface area contributed by atoms with Crippen LogP contribution in [0.25, 0.3) is 0 Å². The molecule has 2 aromatic rings. The third kappa shape index (κ3) is 4.63. The molecule has 0 fully saturated rings. The second-order valence-electron chi connectivity index (χ2n) is 6.20. The third-order valence-corrected chi connectivity index (χ3v) is 4.42. The van der Waals surface area contributed by atoms with Gasteiger partial charge in [-0.1, -0.05) is 37.3 Å². The standard InChI is InChI=1S/C21H25NO4/c1-15(21(24)26-4)14-22(16(2)17-8-6-5-7-9-17)20(23)18-10-12-19(25-3)13-11-18/h5-13,15-16H,14H2,1-4H3. The van der Waals surface area contributed by atoms with Crippen LogP contribution in [0.3, 0.4) is 0 Å². The van der Waals surface area contributed by atoms with Crippen LogP contribution in [0, 0.1) is 5.92 Å². The first kappa shape index (κ1) is 19.5. The van der Waals surface area contributed by atoms with E-state index in [-0.39, 0.29) is 24.5 Å². The van der Waals surface area contributed by atoms with E-state index in [0.717, 1.165) is 5.56 Å². The molecule has 0 bridgehead atoms. The van der Waals surface area contributed by atoms with Gasteiger partial charge in [-0.2, -0.15) is 0 Å². The topological polar surface area (TPSA) is 55.8 Å². The fourth-order valence-corrected chi connectivity index (χ4v) is 2.80. The van der Waals surface area contributed by atoms with Crippen molar-refractivity contribution in [2.45, 2.75) is 19.9 Å². The van der Waals surface area contributed by atoms with Gasteiger partial charge in [0, 0.05) is 12.1 Å². The molecule has 2 unspecified atom stereocenters. The molecule has 0 N–H and O–H groups in total. The summed E-state index contributed by atoms with van der Waals surface area (Å²) >= 11 is 0. The van der Waals surface area contributed by atoms with Gasteiger partial charge >= 0.3 is 5.97 Å². The smallest absolute Gasteiger partial charge is 0.310 e. The molecule has 1 amide bonds. The minimum Gasteiger partial charge on any atom is -0.497 e. The molecule has 2 atom stereocenters. The van der Waals surface area contributed by atoms with E-state index in [2.05, 4.69) is 0 Å². The van der Waals surface area contributed by atoms with E-state index in [0.29, 0.717) is 11.3 Å². The van der Waals surface area contributed by atoms with Crippen molar-refractivity contribution >= 4 is 11.9 Å². The molecule has 0 heterocycles. The summed E-state index contributed by atoms with van der Waals surface area (Å²) in [4.78, 5) is 26.7. The van der Waals surface area contributed by atoms with Crippen LogP contribution >= 0.6 is 0 Å². The maximum absolute atomic E-state index is 13.1. The number of carbonyl (C=O) groups excluding carboxylic acids is 2. The summed E-state index contributed by atoms with van der Waals surface area (Å²) < 4.78 is 9.97. The highest BCUT2D eigenvalue weighted by atomic mass is 16.5. The van der Waals surface area contributed by atoms with Crippen LogP contribution < -0.4 is 4.74 Å². The molecule has 0 aliphatic rings. The van der Waals surface area contributed by atoms with E-state index < -0.39 is 5.92 Å². The number of benzene rings is 2. The summed E-state index contributed by atoms with van der Waals surface area (Å²) in [7, 11) is 2.94. The Balaban J connectivity index is 2.31. The van der Waals surface area contributed by atoms with Gasteiger partial charge in [0.25, 0.3) is 5.91 Å². The zero-order valence-corrected chi connectivity index (χ0v) is 15.6. The predicted molar refractivity (Wildman–Crippen MR) is 100 cm³/mol. The van der Waals surface area contributed by atoms with Gasteiger partial charge in [0.1, 0.15) is 5.75 Å². The minimum absolute atomic E-state index is 0.139. The van der Waals surface area contributed by atoms with Gasteiger partial charge in [0.05, 0.1) is 26.2 Å². The molecule has 26 heavy (non-hydrogen) atoms. The van der Waals surface area contributed by atoms with Crippen LogP contribution in [-0.2, 0) is 9.53 Å². The molecule has 2 aromatic carbocycles. The largest absolute Gasteiger partial charge is 0.497 e. The summed E-state index contributed by atoms with van der Waals surface area (Å²) in [5.41, 5.74) is 1.55. The van der Waals surface area contributed by atoms with E-state index in [4.69, 9.17) is 9.47 Å². The van der Waals surface area contributed by atoms with Crippen LogP contribution in [0.1, 0.15) is 35.8 Å². The minimum atomic E-state index is -0.423. The predicted octanol–water partition coefficient (Wildman–Crippen LogP) is 3.71. The molecule has 0 saturated carbocycles. The van der Waals surface area contributed by atoms with Gasteiger partial charge in [-0.05, 0) is 36.8 Å². The van der Waals surface area contributed by atoms with Gasteiger partial charge < -0.3 is 14.4 Å². The Hall–Kier alpha value is -2.82. The maximum atomic E-state index is 13.1. The zero-order valence-electron chi connectivity index (χ0n) is 15.6. The van der Waals surface area contributed by atoms with Crippen LogP contribution in [-0.4, -0.2) is 37.5 Å². The van der Waals surface area contributed by atoms with Crippen LogP contribution in [0.5, 0.6) is 5.75 Å². The van der Waals surface area contributed by atoms with Crippen molar-refractivity contribution in [3.05, 3.63) is 65.7 Å². The van der Waals surface area contributed by atoms with Crippen LogP contribution in [0.4, 0.5) is 0 Å². The Morgan fingerprint density at radius 1 is 0.962 bits per heavy atom. The lowest BCUT2D eigenvalue weighted by Gasteiger charge is -2.31. The van der Waals surface area contributed by atoms with Crippen molar-refractivity contribution < 1.29 is 19.1 Å². The molecule has 0 aromatic heterocycles. The first-order valence-corrected chi connectivity index (χ1v) is 8.55. The highest BCUT2D eigenvalue weighted by Gasteiger charge is 2.27. The summed E-state index contributed by atoms with van der Waals surface area (Å²) in [6, 6.07) is 16.5. The number of ether oxygens (including phenoxy) is 2. The maximum Gasteiger partial charge on any atom is 0.310 e. The Morgan fingerprint density at radius 3 is 2.12 bits per heavy atom. The second kappa shape index (κ2) is 9.04. The first-order chi connectivity index (χ1) is 12.5. The van der Waals surface area contributed by atoms with Gasteiger partial charge in [-0.3, -0.25) is 9.59 Å². The monoisotopic (exact) mass is 355 g/mol. The summed E-state index contributed by atoms with van der Waals surface area (Å²) in [5.74, 6) is -0.210. The van der Waals surface area contributed by atoms with Crippen molar-refractivity contribution in [2.75, 3.05) is 20.8 Å². The van der Waals surface area contributed by atoms with Gasteiger partial charge in [-0.15, -0.1) is 0 Å². The van der Waals surface area contributed by atoms with E-state index in [1.54, 1.807) is 43.2 Å². The van der Waals surface area contributed by atoms with E-state index in [1.807, 2.05) is 37.3 Å². The summed E-state index contributed by atoms with van der Waals surface area (Å²) in [6.45, 7) is 3.99. The number of amides is 1. The lowest BCUT2D eigenvalue weighted by atomic mass is 10.0. The molecule has 0 aliphatic carbocycles. The van der Waals surface area contributed by atoms with Crippen molar-refractivity contribution in [2.24, 2.45) is 5.92 Å². The van der Waals surface area contributed by atoms with Crippen molar-refractivity contribution in [1.29, 1.82) is 0 Å². The number of hydrogen-bond donors (Lipinski definition) is 0. The Kier molecular flexibility index (Phi) is 6.78. The Bertz CT molecular complexity index is 727. The molecule has 2 rings (SSSR count). The van der Waals surface area contributed by atoms with Crippen molar-refractivity contribution in [3.63, 3.8) is 0 Å². The number of carbonyl (C=O) groups is 2. The summed E-state index contributed by atoms with van der Waals surface area (Å²) in [6.07, 6.45) is 0. The van der Waals surface area contributed by atoms with Gasteiger partial charge in [0.15, 0.2) is 0 Å². The molecule has 5 heteroatoms. The number of methoxy groups -OCH3 is 2. The molecular formula is C21H25NO4. The SMILES string of the molecule is COC(=O)C(C)CN(C(=O)c1ccc(OC)cc1)C(C)c1ccccc1.